The molecule has 142 valence electrons. The number of nitro benzene ring substituents is 1. The first-order chi connectivity index (χ1) is 12.7. The Morgan fingerprint density at radius 2 is 1.93 bits per heavy atom. The third-order valence-electron chi connectivity index (χ3n) is 3.64. The predicted molar refractivity (Wildman–Crippen MR) is 99.3 cm³/mol. The molecule has 0 bridgehead atoms. The largest absolute Gasteiger partial charge is 0.495 e. The molecule has 8 nitrogen and oxygen atoms in total. The number of hydrogen-bond donors (Lipinski definition) is 1. The van der Waals surface area contributed by atoms with Crippen LogP contribution in [0.1, 0.15) is 22.8 Å². The predicted octanol–water partition coefficient (Wildman–Crippen LogP) is 3.75. The smallest absolute Gasteiger partial charge is 0.339 e. The van der Waals surface area contributed by atoms with Gasteiger partial charge in [0.1, 0.15) is 10.8 Å². The van der Waals surface area contributed by atoms with Crippen molar-refractivity contribution < 1.29 is 24.0 Å². The van der Waals surface area contributed by atoms with Crippen molar-refractivity contribution in [1.82, 2.24) is 0 Å². The molecule has 1 amide bonds. The van der Waals surface area contributed by atoms with Crippen LogP contribution in [0.4, 0.5) is 11.4 Å². The fourth-order valence-corrected chi connectivity index (χ4v) is 2.40. The van der Waals surface area contributed by atoms with Gasteiger partial charge >= 0.3 is 5.97 Å². The molecule has 0 saturated carbocycles. The quantitative estimate of drug-likeness (QED) is 0.455. The Hall–Kier alpha value is -3.13. The average Bonchev–Trinajstić information content (AvgIpc) is 2.61. The maximum Gasteiger partial charge on any atom is 0.339 e. The highest BCUT2D eigenvalue weighted by atomic mass is 35.5. The Morgan fingerprint density at radius 3 is 2.56 bits per heavy atom. The van der Waals surface area contributed by atoms with Gasteiger partial charge in [0.25, 0.3) is 11.6 Å². The standard InChI is InChI=1S/C18H17ClN2O6/c1-10-4-7-16(26-3)14(8-10)20-17(22)11(2)27-18(23)12-5-6-13(19)15(9-12)21(24)25/h4-9,11H,1-3H3,(H,20,22). The Balaban J connectivity index is 2.10. The van der Waals surface area contributed by atoms with E-state index in [-0.39, 0.29) is 10.6 Å². The van der Waals surface area contributed by atoms with Crippen LogP contribution in [0, 0.1) is 17.0 Å². The van der Waals surface area contributed by atoms with Gasteiger partial charge in [-0.2, -0.15) is 0 Å². The van der Waals surface area contributed by atoms with Gasteiger partial charge in [0.05, 0.1) is 23.3 Å². The molecule has 0 saturated heterocycles. The van der Waals surface area contributed by atoms with Crippen LogP contribution < -0.4 is 10.1 Å². The lowest BCUT2D eigenvalue weighted by Crippen LogP contribution is -2.30. The van der Waals surface area contributed by atoms with E-state index in [1.165, 1.54) is 26.2 Å². The average molecular weight is 393 g/mol. The molecule has 0 aliphatic rings. The van der Waals surface area contributed by atoms with Gasteiger partial charge in [-0.1, -0.05) is 17.7 Å². The Bertz CT molecular complexity index is 899. The second-order valence-electron chi connectivity index (χ2n) is 5.66. The van der Waals surface area contributed by atoms with Gasteiger partial charge < -0.3 is 14.8 Å². The van der Waals surface area contributed by atoms with E-state index in [0.717, 1.165) is 11.6 Å². The highest BCUT2D eigenvalue weighted by Crippen LogP contribution is 2.27. The SMILES string of the molecule is COc1ccc(C)cc1NC(=O)C(C)OC(=O)c1ccc(Cl)c([N+](=O)[O-])c1. The summed E-state index contributed by atoms with van der Waals surface area (Å²) in [5.74, 6) is -0.995. The zero-order chi connectivity index (χ0) is 20.1. The number of esters is 1. The Kier molecular flexibility index (Phi) is 6.36. The van der Waals surface area contributed by atoms with Crippen molar-refractivity contribution in [1.29, 1.82) is 0 Å². The molecule has 0 fully saturated rings. The molecule has 9 heteroatoms. The van der Waals surface area contributed by atoms with E-state index in [1.54, 1.807) is 12.1 Å². The molecule has 1 N–H and O–H groups in total. The van der Waals surface area contributed by atoms with Crippen molar-refractivity contribution in [2.75, 3.05) is 12.4 Å². The number of methoxy groups -OCH3 is 1. The number of carbonyl (C=O) groups excluding carboxylic acids is 2. The van der Waals surface area contributed by atoms with E-state index in [1.807, 2.05) is 13.0 Å². The number of aryl methyl sites for hydroxylation is 1. The fraction of sp³-hybridized carbons (Fsp3) is 0.222. The number of hydrogen-bond acceptors (Lipinski definition) is 6. The van der Waals surface area contributed by atoms with E-state index < -0.39 is 28.6 Å². The number of carbonyl (C=O) groups is 2. The molecule has 1 atom stereocenters. The molecular formula is C18H17ClN2O6. The third kappa shape index (κ3) is 4.95. The van der Waals surface area contributed by atoms with E-state index in [9.17, 15) is 19.7 Å². The number of halogens is 1. The molecule has 0 radical (unpaired) electrons. The second kappa shape index (κ2) is 8.50. The van der Waals surface area contributed by atoms with Crippen LogP contribution in [0.25, 0.3) is 0 Å². The number of nitro groups is 1. The topological polar surface area (TPSA) is 108 Å². The summed E-state index contributed by atoms with van der Waals surface area (Å²) in [6.07, 6.45) is -1.14. The van der Waals surface area contributed by atoms with Crippen LogP contribution in [-0.4, -0.2) is 30.0 Å². The molecule has 2 aromatic carbocycles. The van der Waals surface area contributed by atoms with Crippen molar-refractivity contribution in [3.8, 4) is 5.75 Å². The molecule has 0 spiro atoms. The number of nitrogens with zero attached hydrogens (tertiary/aromatic N) is 1. The van der Waals surface area contributed by atoms with E-state index in [2.05, 4.69) is 5.32 Å². The number of rotatable bonds is 6. The van der Waals surface area contributed by atoms with Crippen LogP contribution in [-0.2, 0) is 9.53 Å². The minimum Gasteiger partial charge on any atom is -0.495 e. The summed E-state index contributed by atoms with van der Waals surface area (Å²) in [7, 11) is 1.47. The summed E-state index contributed by atoms with van der Waals surface area (Å²) < 4.78 is 10.3. The molecule has 0 aliphatic carbocycles. The lowest BCUT2D eigenvalue weighted by Gasteiger charge is -2.15. The highest BCUT2D eigenvalue weighted by molar-refractivity contribution is 6.32. The minimum absolute atomic E-state index is 0.0844. The first kappa shape index (κ1) is 20.2. The van der Waals surface area contributed by atoms with Crippen LogP contribution in [0.3, 0.4) is 0 Å². The maximum atomic E-state index is 12.3. The van der Waals surface area contributed by atoms with Gasteiger partial charge in [0.2, 0.25) is 0 Å². The van der Waals surface area contributed by atoms with Gasteiger partial charge in [-0.05, 0) is 43.7 Å². The van der Waals surface area contributed by atoms with E-state index in [4.69, 9.17) is 21.1 Å². The molecule has 0 aromatic heterocycles. The minimum atomic E-state index is -1.14. The highest BCUT2D eigenvalue weighted by Gasteiger charge is 2.22. The molecule has 27 heavy (non-hydrogen) atoms. The first-order valence-corrected chi connectivity index (χ1v) is 8.21. The van der Waals surface area contributed by atoms with Gasteiger partial charge in [-0.25, -0.2) is 4.79 Å². The van der Waals surface area contributed by atoms with Crippen molar-refractivity contribution in [3.05, 3.63) is 62.7 Å². The molecule has 1 unspecified atom stereocenters. The Labute approximate surface area is 160 Å². The van der Waals surface area contributed by atoms with Crippen LogP contribution >= 0.6 is 11.6 Å². The summed E-state index contributed by atoms with van der Waals surface area (Å²) in [6.45, 7) is 3.24. The zero-order valence-electron chi connectivity index (χ0n) is 14.8. The molecule has 2 aromatic rings. The summed E-state index contributed by atoms with van der Waals surface area (Å²) in [4.78, 5) is 34.7. The molecule has 0 aliphatic heterocycles. The third-order valence-corrected chi connectivity index (χ3v) is 3.96. The summed E-state index contributed by atoms with van der Waals surface area (Å²) in [5, 5.41) is 13.4. The summed E-state index contributed by atoms with van der Waals surface area (Å²) in [5.41, 5.74) is 0.836. The van der Waals surface area contributed by atoms with Crippen molar-refractivity contribution in [3.63, 3.8) is 0 Å². The van der Waals surface area contributed by atoms with Gasteiger partial charge in [0.15, 0.2) is 6.10 Å². The summed E-state index contributed by atoms with van der Waals surface area (Å²) >= 11 is 5.71. The summed E-state index contributed by atoms with van der Waals surface area (Å²) in [6, 6.07) is 8.75. The number of nitrogens with one attached hydrogen (secondary N) is 1. The van der Waals surface area contributed by atoms with E-state index >= 15 is 0 Å². The molecule has 2 rings (SSSR count). The van der Waals surface area contributed by atoms with Crippen molar-refractivity contribution in [2.24, 2.45) is 0 Å². The zero-order valence-corrected chi connectivity index (χ0v) is 15.6. The lowest BCUT2D eigenvalue weighted by molar-refractivity contribution is -0.384. The molecule has 0 heterocycles. The number of ether oxygens (including phenoxy) is 2. The van der Waals surface area contributed by atoms with Crippen LogP contribution in [0.2, 0.25) is 5.02 Å². The van der Waals surface area contributed by atoms with E-state index in [0.29, 0.717) is 11.4 Å². The Morgan fingerprint density at radius 1 is 1.22 bits per heavy atom. The van der Waals surface area contributed by atoms with Crippen LogP contribution in [0.15, 0.2) is 36.4 Å². The number of benzene rings is 2. The maximum absolute atomic E-state index is 12.3. The number of anilines is 1. The normalized spacial score (nSPS) is 11.4. The first-order valence-electron chi connectivity index (χ1n) is 7.83. The van der Waals surface area contributed by atoms with Gasteiger partial charge in [0, 0.05) is 6.07 Å². The van der Waals surface area contributed by atoms with Crippen LogP contribution in [0.5, 0.6) is 5.75 Å². The second-order valence-corrected chi connectivity index (χ2v) is 6.07. The lowest BCUT2D eigenvalue weighted by atomic mass is 10.2. The monoisotopic (exact) mass is 392 g/mol. The van der Waals surface area contributed by atoms with Crippen molar-refractivity contribution in [2.45, 2.75) is 20.0 Å². The number of amides is 1. The van der Waals surface area contributed by atoms with Gasteiger partial charge in [-0.15, -0.1) is 0 Å². The fourth-order valence-electron chi connectivity index (χ4n) is 2.22. The van der Waals surface area contributed by atoms with Gasteiger partial charge in [-0.3, -0.25) is 14.9 Å². The molecular weight excluding hydrogens is 376 g/mol. The van der Waals surface area contributed by atoms with Crippen molar-refractivity contribution >= 4 is 34.9 Å².